The molecule has 0 unspecified atom stereocenters. The number of amides is 2. The van der Waals surface area contributed by atoms with Crippen molar-refractivity contribution in [2.75, 3.05) is 11.5 Å². The number of esters is 1. The number of aryl methyl sites for hydroxylation is 1. The lowest BCUT2D eigenvalue weighted by Crippen LogP contribution is -2.39. The smallest absolute Gasteiger partial charge is 0.306 e. The first-order valence-electron chi connectivity index (χ1n) is 12.2. The molecule has 5 N–H and O–H groups in total. The van der Waals surface area contributed by atoms with Crippen LogP contribution >= 0.6 is 0 Å². The molecular formula is C27H34N4O5. The molecule has 2 aromatic carbocycles. The van der Waals surface area contributed by atoms with Gasteiger partial charge in [0.1, 0.15) is 11.6 Å². The van der Waals surface area contributed by atoms with Crippen molar-refractivity contribution in [3.05, 3.63) is 58.7 Å². The van der Waals surface area contributed by atoms with E-state index in [2.05, 4.69) is 5.32 Å². The van der Waals surface area contributed by atoms with Gasteiger partial charge in [0.05, 0.1) is 13.0 Å². The van der Waals surface area contributed by atoms with Gasteiger partial charge >= 0.3 is 5.97 Å². The van der Waals surface area contributed by atoms with E-state index in [1.54, 1.807) is 36.1 Å². The number of phenolic OH excluding ortho intramolecular Hbond substituents is 1. The summed E-state index contributed by atoms with van der Waals surface area (Å²) >= 11 is 0. The molecule has 192 valence electrons. The van der Waals surface area contributed by atoms with Crippen LogP contribution in [0.1, 0.15) is 72.5 Å². The fourth-order valence-electron chi connectivity index (χ4n) is 4.50. The summed E-state index contributed by atoms with van der Waals surface area (Å²) in [6.45, 7) is 3.93. The van der Waals surface area contributed by atoms with Crippen LogP contribution in [0.15, 0.2) is 36.4 Å². The summed E-state index contributed by atoms with van der Waals surface area (Å²) in [5, 5.41) is 20.4. The quantitative estimate of drug-likeness (QED) is 0.226. The Balaban J connectivity index is 1.74. The molecule has 0 atom stereocenters. The van der Waals surface area contributed by atoms with Crippen molar-refractivity contribution in [1.29, 1.82) is 5.41 Å². The molecule has 0 saturated heterocycles. The van der Waals surface area contributed by atoms with Crippen LogP contribution in [0.3, 0.4) is 0 Å². The van der Waals surface area contributed by atoms with Crippen LogP contribution in [0.2, 0.25) is 0 Å². The number of carbonyl (C=O) groups is 3. The van der Waals surface area contributed by atoms with E-state index in [1.165, 1.54) is 12.1 Å². The number of nitrogen functional groups attached to an aromatic ring is 1. The number of anilines is 1. The summed E-state index contributed by atoms with van der Waals surface area (Å²) in [5.41, 5.74) is 8.35. The number of nitrogens with zero attached hydrogens (tertiary/aromatic N) is 1. The molecule has 3 rings (SSSR count). The van der Waals surface area contributed by atoms with Crippen LogP contribution in [-0.4, -0.2) is 41.4 Å². The van der Waals surface area contributed by atoms with Gasteiger partial charge in [0.15, 0.2) is 0 Å². The van der Waals surface area contributed by atoms with Gasteiger partial charge in [-0.2, -0.15) is 0 Å². The number of amidine groups is 1. The Kier molecular flexibility index (Phi) is 9.05. The van der Waals surface area contributed by atoms with E-state index in [4.69, 9.17) is 15.9 Å². The minimum atomic E-state index is -0.388. The number of nitrogens with one attached hydrogen (secondary N) is 2. The maximum absolute atomic E-state index is 13.2. The Bertz CT molecular complexity index is 1140. The summed E-state index contributed by atoms with van der Waals surface area (Å²) in [6, 6.07) is 9.78. The van der Waals surface area contributed by atoms with Gasteiger partial charge in [0.2, 0.25) is 5.91 Å². The first-order chi connectivity index (χ1) is 17.2. The minimum absolute atomic E-state index is 0.000338. The van der Waals surface area contributed by atoms with Crippen LogP contribution in [-0.2, 0) is 20.9 Å². The molecule has 0 aliphatic heterocycles. The standard InChI is InChI=1S/C27H34N4O5/c1-3-36-25(34)13-12-24(33)31(21-6-4-5-7-21)22-10-8-19(14-17(22)2)27(35)30-16-20-15-18(26(28)29)9-11-23(20)32/h8-11,14-15,21,32H,3-7,12-13,16H2,1-2H3,(H3,28,29)(H,30,35). The van der Waals surface area contributed by atoms with Gasteiger partial charge in [-0.3, -0.25) is 19.8 Å². The molecule has 1 aliphatic rings. The van der Waals surface area contributed by atoms with E-state index in [0.717, 1.165) is 36.9 Å². The fraction of sp³-hybridized carbons (Fsp3) is 0.407. The lowest BCUT2D eigenvalue weighted by molar-refractivity contribution is -0.144. The van der Waals surface area contributed by atoms with Crippen LogP contribution in [0.4, 0.5) is 5.69 Å². The van der Waals surface area contributed by atoms with Gasteiger partial charge < -0.3 is 25.8 Å². The number of hydrogen-bond donors (Lipinski definition) is 4. The lowest BCUT2D eigenvalue weighted by Gasteiger charge is -2.31. The third-order valence-corrected chi connectivity index (χ3v) is 6.36. The summed E-state index contributed by atoms with van der Waals surface area (Å²) in [5.74, 6) is -0.979. The third-order valence-electron chi connectivity index (χ3n) is 6.36. The predicted molar refractivity (Wildman–Crippen MR) is 137 cm³/mol. The van der Waals surface area contributed by atoms with Gasteiger partial charge in [-0.05, 0) is 68.7 Å². The molecule has 0 heterocycles. The van der Waals surface area contributed by atoms with E-state index >= 15 is 0 Å². The number of benzene rings is 2. The van der Waals surface area contributed by atoms with Crippen molar-refractivity contribution < 1.29 is 24.2 Å². The first kappa shape index (κ1) is 26.7. The van der Waals surface area contributed by atoms with Crippen LogP contribution in [0, 0.1) is 12.3 Å². The van der Waals surface area contributed by atoms with E-state index in [1.807, 2.05) is 6.92 Å². The summed E-state index contributed by atoms with van der Waals surface area (Å²) in [7, 11) is 0. The number of aromatic hydroxyl groups is 1. The molecule has 0 spiro atoms. The molecule has 9 nitrogen and oxygen atoms in total. The minimum Gasteiger partial charge on any atom is -0.508 e. The van der Waals surface area contributed by atoms with E-state index in [0.29, 0.717) is 16.7 Å². The van der Waals surface area contributed by atoms with Gasteiger partial charge in [-0.15, -0.1) is 0 Å². The number of ether oxygens (including phenoxy) is 1. The predicted octanol–water partition coefficient (Wildman–Crippen LogP) is 3.53. The van der Waals surface area contributed by atoms with Crippen LogP contribution < -0.4 is 16.0 Å². The van der Waals surface area contributed by atoms with Gasteiger partial charge in [0.25, 0.3) is 5.91 Å². The molecule has 9 heteroatoms. The second-order valence-electron chi connectivity index (χ2n) is 8.95. The summed E-state index contributed by atoms with van der Waals surface area (Å²) < 4.78 is 4.96. The molecule has 1 fully saturated rings. The number of nitrogens with two attached hydrogens (primary N) is 1. The average Bonchev–Trinajstić information content (AvgIpc) is 3.37. The first-order valence-corrected chi connectivity index (χ1v) is 12.2. The maximum atomic E-state index is 13.2. The molecule has 36 heavy (non-hydrogen) atoms. The highest BCUT2D eigenvalue weighted by Gasteiger charge is 2.29. The molecular weight excluding hydrogens is 460 g/mol. The molecule has 0 bridgehead atoms. The summed E-state index contributed by atoms with van der Waals surface area (Å²) in [6.07, 6.45) is 3.99. The van der Waals surface area contributed by atoms with Crippen LogP contribution in [0.5, 0.6) is 5.75 Å². The third kappa shape index (κ3) is 6.62. The molecule has 1 aliphatic carbocycles. The zero-order chi connectivity index (χ0) is 26.2. The molecule has 2 aromatic rings. The van der Waals surface area contributed by atoms with Gasteiger partial charge in [-0.1, -0.05) is 12.8 Å². The number of carbonyl (C=O) groups excluding carboxylic acids is 3. The number of hydrogen-bond acceptors (Lipinski definition) is 6. The van der Waals surface area contributed by atoms with Crippen molar-refractivity contribution in [3.8, 4) is 5.75 Å². The van der Waals surface area contributed by atoms with E-state index < -0.39 is 0 Å². The molecule has 0 aromatic heterocycles. The van der Waals surface area contributed by atoms with Crippen molar-refractivity contribution in [2.24, 2.45) is 5.73 Å². The largest absolute Gasteiger partial charge is 0.508 e. The van der Waals surface area contributed by atoms with Gasteiger partial charge in [0, 0.05) is 41.4 Å². The fourth-order valence-corrected chi connectivity index (χ4v) is 4.50. The van der Waals surface area contributed by atoms with Gasteiger partial charge in [-0.25, -0.2) is 0 Å². The van der Waals surface area contributed by atoms with Crippen molar-refractivity contribution in [3.63, 3.8) is 0 Å². The Morgan fingerprint density at radius 2 is 1.81 bits per heavy atom. The second kappa shape index (κ2) is 12.2. The Morgan fingerprint density at radius 3 is 2.44 bits per heavy atom. The normalized spacial score (nSPS) is 13.3. The van der Waals surface area contributed by atoms with Crippen molar-refractivity contribution >= 4 is 29.3 Å². The average molecular weight is 495 g/mol. The topological polar surface area (TPSA) is 146 Å². The van der Waals surface area contributed by atoms with E-state index in [9.17, 15) is 19.5 Å². The highest BCUT2D eigenvalue weighted by atomic mass is 16.5. The van der Waals surface area contributed by atoms with Crippen molar-refractivity contribution in [1.82, 2.24) is 5.32 Å². The van der Waals surface area contributed by atoms with Crippen molar-refractivity contribution in [2.45, 2.75) is 65.0 Å². The zero-order valence-electron chi connectivity index (χ0n) is 20.8. The van der Waals surface area contributed by atoms with E-state index in [-0.39, 0.29) is 61.4 Å². The monoisotopic (exact) mass is 494 g/mol. The highest BCUT2D eigenvalue weighted by Crippen LogP contribution is 2.32. The SMILES string of the molecule is CCOC(=O)CCC(=O)N(c1ccc(C(=O)NCc2cc(C(=N)N)ccc2O)cc1C)C1CCCC1. The van der Waals surface area contributed by atoms with Crippen LogP contribution in [0.25, 0.3) is 0 Å². The maximum Gasteiger partial charge on any atom is 0.306 e. The Hall–Kier alpha value is -3.88. The Labute approximate surface area is 211 Å². The highest BCUT2D eigenvalue weighted by molar-refractivity contribution is 5.99. The Morgan fingerprint density at radius 1 is 1.11 bits per heavy atom. The number of phenols is 1. The second-order valence-corrected chi connectivity index (χ2v) is 8.95. The summed E-state index contributed by atoms with van der Waals surface area (Å²) in [4.78, 5) is 39.6. The number of rotatable bonds is 10. The zero-order valence-corrected chi connectivity index (χ0v) is 20.8. The molecule has 2 amide bonds. The molecule has 0 radical (unpaired) electrons. The molecule has 1 saturated carbocycles. The lowest BCUT2D eigenvalue weighted by atomic mass is 10.0.